The number of hydrogen-bond acceptors (Lipinski definition) is 4. The van der Waals surface area contributed by atoms with E-state index >= 15 is 0 Å². The van der Waals surface area contributed by atoms with E-state index in [1.54, 1.807) is 24.3 Å². The first-order valence-electron chi connectivity index (χ1n) is 4.72. The van der Waals surface area contributed by atoms with Gasteiger partial charge in [-0.15, -0.1) is 0 Å². The molecule has 0 bridgehead atoms. The molecule has 5 heteroatoms. The summed E-state index contributed by atoms with van der Waals surface area (Å²) < 4.78 is 0. The molecule has 0 aliphatic carbocycles. The fourth-order valence-electron chi connectivity index (χ4n) is 1.26. The maximum Gasteiger partial charge on any atom is 0.277 e. The van der Waals surface area contributed by atoms with Crippen LogP contribution in [0.1, 0.15) is 22.8 Å². The van der Waals surface area contributed by atoms with Crippen LogP contribution in [0.4, 0.5) is 5.69 Å². The topological polar surface area (TPSA) is 86.2 Å². The quantitative estimate of drug-likeness (QED) is 0.476. The smallest absolute Gasteiger partial charge is 0.277 e. The van der Waals surface area contributed by atoms with Gasteiger partial charge >= 0.3 is 0 Å². The summed E-state index contributed by atoms with van der Waals surface area (Å²) in [5, 5.41) is 10.8. The Bertz CT molecular complexity index is 453. The minimum atomic E-state index is -0.511. The number of rotatable bonds is 4. The molecular formula is C11H12N2O3. The second-order valence-electron chi connectivity index (χ2n) is 3.22. The third-order valence-corrected chi connectivity index (χ3v) is 2.07. The molecule has 0 aliphatic rings. The highest BCUT2D eigenvalue weighted by Gasteiger charge is 2.13. The van der Waals surface area contributed by atoms with E-state index in [4.69, 9.17) is 5.73 Å². The van der Waals surface area contributed by atoms with E-state index in [0.29, 0.717) is 17.7 Å². The van der Waals surface area contributed by atoms with E-state index in [-0.39, 0.29) is 11.5 Å². The summed E-state index contributed by atoms with van der Waals surface area (Å²) >= 11 is 0. The van der Waals surface area contributed by atoms with Crippen LogP contribution in [-0.2, 0) is 0 Å². The summed E-state index contributed by atoms with van der Waals surface area (Å²) in [6.45, 7) is 1.68. The van der Waals surface area contributed by atoms with Crippen molar-refractivity contribution < 1.29 is 9.72 Å². The summed E-state index contributed by atoms with van der Waals surface area (Å²) in [5.74, 6) is -0.197. The highest BCUT2D eigenvalue weighted by Crippen LogP contribution is 2.21. The monoisotopic (exact) mass is 220 g/mol. The third kappa shape index (κ3) is 2.74. The molecule has 0 saturated carbocycles. The van der Waals surface area contributed by atoms with Crippen LogP contribution >= 0.6 is 0 Å². The van der Waals surface area contributed by atoms with E-state index in [2.05, 4.69) is 0 Å². The lowest BCUT2D eigenvalue weighted by atomic mass is 10.1. The molecule has 1 rings (SSSR count). The van der Waals surface area contributed by atoms with Crippen molar-refractivity contribution in [2.75, 3.05) is 6.54 Å². The van der Waals surface area contributed by atoms with Crippen molar-refractivity contribution in [2.24, 2.45) is 5.73 Å². The predicted octanol–water partition coefficient (Wildman–Crippen LogP) is 1.77. The summed E-state index contributed by atoms with van der Waals surface area (Å²) in [4.78, 5) is 21.4. The molecule has 0 aromatic heterocycles. The Balaban J connectivity index is 3.24. The Labute approximate surface area is 92.7 Å². The predicted molar refractivity (Wildman–Crippen MR) is 61.2 cm³/mol. The van der Waals surface area contributed by atoms with Crippen LogP contribution < -0.4 is 5.73 Å². The second kappa shape index (κ2) is 5.18. The van der Waals surface area contributed by atoms with E-state index in [0.717, 1.165) is 0 Å². The van der Waals surface area contributed by atoms with E-state index in [1.165, 1.54) is 13.0 Å². The van der Waals surface area contributed by atoms with Crippen LogP contribution in [0.15, 0.2) is 24.3 Å². The number of ketones is 1. The lowest BCUT2D eigenvalue weighted by molar-refractivity contribution is -0.385. The summed E-state index contributed by atoms with van der Waals surface area (Å²) in [7, 11) is 0. The Hall–Kier alpha value is -2.01. The molecule has 0 amide bonds. The van der Waals surface area contributed by atoms with Crippen LogP contribution in [0.3, 0.4) is 0 Å². The van der Waals surface area contributed by atoms with Crippen molar-refractivity contribution in [2.45, 2.75) is 6.92 Å². The van der Waals surface area contributed by atoms with Crippen molar-refractivity contribution in [3.05, 3.63) is 45.5 Å². The molecule has 0 heterocycles. The number of benzene rings is 1. The number of carbonyl (C=O) groups is 1. The molecular weight excluding hydrogens is 208 g/mol. The highest BCUT2D eigenvalue weighted by molar-refractivity contribution is 5.95. The van der Waals surface area contributed by atoms with Gasteiger partial charge < -0.3 is 5.73 Å². The van der Waals surface area contributed by atoms with Gasteiger partial charge in [-0.3, -0.25) is 14.9 Å². The lowest BCUT2D eigenvalue weighted by Crippen LogP contribution is -1.98. The van der Waals surface area contributed by atoms with Crippen molar-refractivity contribution in [1.29, 1.82) is 0 Å². The number of hydrogen-bond donors (Lipinski definition) is 1. The number of nitro benzene ring substituents is 1. The van der Waals surface area contributed by atoms with Gasteiger partial charge in [0.15, 0.2) is 5.78 Å². The third-order valence-electron chi connectivity index (χ3n) is 2.07. The van der Waals surface area contributed by atoms with E-state index in [1.807, 2.05) is 0 Å². The Morgan fingerprint density at radius 3 is 2.75 bits per heavy atom. The fraction of sp³-hybridized carbons (Fsp3) is 0.182. The van der Waals surface area contributed by atoms with Gasteiger partial charge in [0.1, 0.15) is 0 Å². The largest absolute Gasteiger partial charge is 0.327 e. The molecule has 84 valence electrons. The van der Waals surface area contributed by atoms with Gasteiger partial charge in [-0.25, -0.2) is 0 Å². The summed E-state index contributed by atoms with van der Waals surface area (Å²) in [6.07, 6.45) is 3.19. The van der Waals surface area contributed by atoms with Crippen molar-refractivity contribution in [1.82, 2.24) is 0 Å². The fourth-order valence-corrected chi connectivity index (χ4v) is 1.26. The number of Topliss-reactive ketones (excluding diaryl/α,β-unsaturated/α-hetero) is 1. The molecule has 0 radical (unpaired) electrons. The number of nitro groups is 1. The highest BCUT2D eigenvalue weighted by atomic mass is 16.6. The molecule has 1 aromatic carbocycles. The lowest BCUT2D eigenvalue weighted by Gasteiger charge is -2.00. The van der Waals surface area contributed by atoms with Crippen LogP contribution in [-0.4, -0.2) is 17.3 Å². The van der Waals surface area contributed by atoms with Gasteiger partial charge in [0, 0.05) is 18.2 Å². The first kappa shape index (κ1) is 12.1. The first-order chi connectivity index (χ1) is 7.56. The van der Waals surface area contributed by atoms with Gasteiger partial charge in [0.25, 0.3) is 5.69 Å². The number of carbonyl (C=O) groups excluding carboxylic acids is 1. The first-order valence-corrected chi connectivity index (χ1v) is 4.72. The molecule has 2 N–H and O–H groups in total. The Morgan fingerprint density at radius 2 is 2.25 bits per heavy atom. The summed E-state index contributed by atoms with van der Waals surface area (Å²) in [6, 6.07) is 4.38. The van der Waals surface area contributed by atoms with Crippen molar-refractivity contribution >= 4 is 17.5 Å². The van der Waals surface area contributed by atoms with Gasteiger partial charge in [0.2, 0.25) is 0 Å². The van der Waals surface area contributed by atoms with Crippen LogP contribution in [0, 0.1) is 10.1 Å². The molecule has 5 nitrogen and oxygen atoms in total. The Kier molecular flexibility index (Phi) is 3.90. The maximum atomic E-state index is 11.1. The number of nitrogens with zero attached hydrogens (tertiary/aromatic N) is 1. The molecule has 0 fully saturated rings. The molecule has 0 saturated heterocycles. The van der Waals surface area contributed by atoms with E-state index in [9.17, 15) is 14.9 Å². The molecule has 0 spiro atoms. The normalized spacial score (nSPS) is 10.6. The van der Waals surface area contributed by atoms with Gasteiger partial charge in [-0.1, -0.05) is 18.2 Å². The average molecular weight is 220 g/mol. The van der Waals surface area contributed by atoms with Gasteiger partial charge in [-0.05, 0) is 13.0 Å². The molecule has 1 aromatic rings. The van der Waals surface area contributed by atoms with Crippen LogP contribution in [0.25, 0.3) is 6.08 Å². The number of nitrogens with two attached hydrogens (primary N) is 1. The Morgan fingerprint density at radius 1 is 1.56 bits per heavy atom. The standard InChI is InChI=1S/C11H12N2O3/c1-8(14)10-5-4-9(3-2-6-12)11(7-10)13(15)16/h2-5,7H,6,12H2,1H3. The minimum Gasteiger partial charge on any atom is -0.327 e. The second-order valence-corrected chi connectivity index (χ2v) is 3.22. The zero-order valence-electron chi connectivity index (χ0n) is 8.84. The molecule has 16 heavy (non-hydrogen) atoms. The zero-order valence-corrected chi connectivity index (χ0v) is 8.84. The van der Waals surface area contributed by atoms with Crippen LogP contribution in [0.5, 0.6) is 0 Å². The summed E-state index contributed by atoms with van der Waals surface area (Å²) in [5.41, 5.74) is 5.96. The SMILES string of the molecule is CC(=O)c1ccc(C=CCN)c([N+](=O)[O-])c1. The van der Waals surface area contributed by atoms with Crippen molar-refractivity contribution in [3.63, 3.8) is 0 Å². The van der Waals surface area contributed by atoms with Gasteiger partial charge in [0.05, 0.1) is 10.5 Å². The zero-order chi connectivity index (χ0) is 12.1. The van der Waals surface area contributed by atoms with E-state index < -0.39 is 4.92 Å². The van der Waals surface area contributed by atoms with Crippen molar-refractivity contribution in [3.8, 4) is 0 Å². The minimum absolute atomic E-state index is 0.0857. The van der Waals surface area contributed by atoms with Crippen LogP contribution in [0.2, 0.25) is 0 Å². The average Bonchev–Trinajstić information content (AvgIpc) is 2.25. The van der Waals surface area contributed by atoms with Gasteiger partial charge in [-0.2, -0.15) is 0 Å². The molecule has 0 aliphatic heterocycles. The molecule has 0 atom stereocenters. The maximum absolute atomic E-state index is 11.1. The molecule has 0 unspecified atom stereocenters.